The SMILES string of the molecule is O=c1oc2ccc(Cl)cc2cc1-c1csc(Nc2ccccc2C(F)(F)F)n1. The summed E-state index contributed by atoms with van der Waals surface area (Å²) in [5.74, 6) is 0. The summed E-state index contributed by atoms with van der Waals surface area (Å²) in [6.45, 7) is 0. The zero-order chi connectivity index (χ0) is 19.9. The van der Waals surface area contributed by atoms with Crippen LogP contribution in [0.1, 0.15) is 5.56 Å². The van der Waals surface area contributed by atoms with Crippen molar-refractivity contribution in [3.8, 4) is 11.3 Å². The van der Waals surface area contributed by atoms with E-state index in [9.17, 15) is 18.0 Å². The van der Waals surface area contributed by atoms with E-state index in [-0.39, 0.29) is 16.4 Å². The van der Waals surface area contributed by atoms with Crippen molar-refractivity contribution in [3.63, 3.8) is 0 Å². The first kappa shape index (κ1) is 18.5. The van der Waals surface area contributed by atoms with Gasteiger partial charge in [0.1, 0.15) is 5.58 Å². The number of thiazole rings is 1. The maximum absolute atomic E-state index is 13.1. The summed E-state index contributed by atoms with van der Waals surface area (Å²) in [7, 11) is 0. The highest BCUT2D eigenvalue weighted by atomic mass is 35.5. The van der Waals surface area contributed by atoms with Gasteiger partial charge in [-0.1, -0.05) is 23.7 Å². The monoisotopic (exact) mass is 422 g/mol. The molecule has 0 amide bonds. The number of hydrogen-bond donors (Lipinski definition) is 1. The largest absolute Gasteiger partial charge is 0.422 e. The average molecular weight is 423 g/mol. The zero-order valence-electron chi connectivity index (χ0n) is 13.9. The Labute approximate surface area is 165 Å². The number of para-hydroxylation sites is 1. The summed E-state index contributed by atoms with van der Waals surface area (Å²) >= 11 is 7.05. The molecule has 0 saturated carbocycles. The predicted octanol–water partition coefficient (Wildman–Crippen LogP) is 6.33. The molecule has 142 valence electrons. The van der Waals surface area contributed by atoms with Crippen molar-refractivity contribution in [1.29, 1.82) is 0 Å². The van der Waals surface area contributed by atoms with Crippen molar-refractivity contribution < 1.29 is 17.6 Å². The molecule has 1 N–H and O–H groups in total. The molecule has 0 fully saturated rings. The third kappa shape index (κ3) is 3.61. The Morgan fingerprint density at radius 2 is 1.89 bits per heavy atom. The molecular weight excluding hydrogens is 413 g/mol. The maximum Gasteiger partial charge on any atom is 0.418 e. The number of rotatable bonds is 3. The fraction of sp³-hybridized carbons (Fsp3) is 0.0526. The minimum absolute atomic E-state index is 0.117. The average Bonchev–Trinajstić information content (AvgIpc) is 3.09. The molecule has 0 bridgehead atoms. The Hall–Kier alpha value is -2.84. The van der Waals surface area contributed by atoms with Gasteiger partial charge in [-0.3, -0.25) is 0 Å². The molecule has 4 rings (SSSR count). The molecule has 0 spiro atoms. The fourth-order valence-corrected chi connectivity index (χ4v) is 3.59. The van der Waals surface area contributed by atoms with Gasteiger partial charge in [-0.25, -0.2) is 9.78 Å². The standard InChI is InChI=1S/C19H10ClF3N2O2S/c20-11-5-6-16-10(7-11)8-12(17(26)27-16)15-9-28-18(25-15)24-14-4-2-1-3-13(14)19(21,22)23/h1-9H,(H,24,25). The van der Waals surface area contributed by atoms with Crippen LogP contribution in [0.15, 0.2) is 63.1 Å². The quantitative estimate of drug-likeness (QED) is 0.392. The van der Waals surface area contributed by atoms with E-state index in [0.29, 0.717) is 21.7 Å². The lowest BCUT2D eigenvalue weighted by Gasteiger charge is -2.12. The minimum atomic E-state index is -4.50. The minimum Gasteiger partial charge on any atom is -0.422 e. The molecule has 2 heterocycles. The Morgan fingerprint density at radius 1 is 1.11 bits per heavy atom. The van der Waals surface area contributed by atoms with Crippen molar-refractivity contribution in [2.45, 2.75) is 6.18 Å². The Balaban J connectivity index is 1.70. The summed E-state index contributed by atoms with van der Waals surface area (Å²) in [6.07, 6.45) is -4.50. The third-order valence-corrected chi connectivity index (χ3v) is 4.94. The van der Waals surface area contributed by atoms with Crippen LogP contribution in [0.5, 0.6) is 0 Å². The second-order valence-corrected chi connectivity index (χ2v) is 7.13. The first-order chi connectivity index (χ1) is 13.3. The highest BCUT2D eigenvalue weighted by Gasteiger charge is 2.33. The highest BCUT2D eigenvalue weighted by molar-refractivity contribution is 7.14. The van der Waals surface area contributed by atoms with E-state index in [4.69, 9.17) is 16.0 Å². The summed E-state index contributed by atoms with van der Waals surface area (Å²) in [4.78, 5) is 16.5. The number of halogens is 4. The van der Waals surface area contributed by atoms with Crippen LogP contribution in [0.2, 0.25) is 5.02 Å². The zero-order valence-corrected chi connectivity index (χ0v) is 15.5. The van der Waals surface area contributed by atoms with E-state index in [1.54, 1.807) is 29.6 Å². The molecule has 0 aliphatic rings. The predicted molar refractivity (Wildman–Crippen MR) is 103 cm³/mol. The molecule has 28 heavy (non-hydrogen) atoms. The van der Waals surface area contributed by atoms with Crippen LogP contribution in [-0.4, -0.2) is 4.98 Å². The van der Waals surface area contributed by atoms with Crippen LogP contribution in [0.25, 0.3) is 22.2 Å². The number of fused-ring (bicyclic) bond motifs is 1. The number of aromatic nitrogens is 1. The van der Waals surface area contributed by atoms with Gasteiger partial charge in [0.2, 0.25) is 0 Å². The number of nitrogens with zero attached hydrogens (tertiary/aromatic N) is 1. The number of benzene rings is 2. The van der Waals surface area contributed by atoms with Crippen LogP contribution in [-0.2, 0) is 6.18 Å². The van der Waals surface area contributed by atoms with Crippen molar-refractivity contribution in [2.24, 2.45) is 0 Å². The molecule has 2 aromatic carbocycles. The molecule has 4 nitrogen and oxygen atoms in total. The van der Waals surface area contributed by atoms with Crippen LogP contribution >= 0.6 is 22.9 Å². The van der Waals surface area contributed by atoms with Gasteiger partial charge in [0.05, 0.1) is 22.5 Å². The van der Waals surface area contributed by atoms with Crippen molar-refractivity contribution in [2.75, 3.05) is 5.32 Å². The van der Waals surface area contributed by atoms with E-state index < -0.39 is 17.4 Å². The lowest BCUT2D eigenvalue weighted by atomic mass is 10.1. The second-order valence-electron chi connectivity index (χ2n) is 5.84. The van der Waals surface area contributed by atoms with Gasteiger partial charge in [-0.05, 0) is 36.4 Å². The molecule has 0 aliphatic carbocycles. The third-order valence-electron chi connectivity index (χ3n) is 3.95. The molecule has 0 atom stereocenters. The number of nitrogens with one attached hydrogen (secondary N) is 1. The summed E-state index contributed by atoms with van der Waals surface area (Å²) < 4.78 is 44.7. The van der Waals surface area contributed by atoms with Crippen LogP contribution in [0, 0.1) is 0 Å². The lowest BCUT2D eigenvalue weighted by Crippen LogP contribution is -2.08. The fourth-order valence-electron chi connectivity index (χ4n) is 2.68. The number of alkyl halides is 3. The Kier molecular flexibility index (Phi) is 4.60. The molecule has 0 unspecified atom stereocenters. The van der Waals surface area contributed by atoms with Crippen LogP contribution in [0.4, 0.5) is 24.0 Å². The molecule has 4 aromatic rings. The number of hydrogen-bond acceptors (Lipinski definition) is 5. The molecule has 2 aromatic heterocycles. The molecule has 9 heteroatoms. The first-order valence-electron chi connectivity index (χ1n) is 7.94. The van der Waals surface area contributed by atoms with Gasteiger partial charge in [0.25, 0.3) is 0 Å². The van der Waals surface area contributed by atoms with E-state index in [1.807, 2.05) is 0 Å². The van der Waals surface area contributed by atoms with Gasteiger partial charge < -0.3 is 9.73 Å². The molecule has 0 aliphatic heterocycles. The van der Waals surface area contributed by atoms with E-state index in [1.165, 1.54) is 18.2 Å². The maximum atomic E-state index is 13.1. The molecular formula is C19H10ClF3N2O2S. The topological polar surface area (TPSA) is 55.1 Å². The van der Waals surface area contributed by atoms with Gasteiger partial charge in [-0.15, -0.1) is 11.3 Å². The van der Waals surface area contributed by atoms with Crippen LogP contribution in [0.3, 0.4) is 0 Å². The van der Waals surface area contributed by atoms with Crippen molar-refractivity contribution >= 4 is 44.7 Å². The highest BCUT2D eigenvalue weighted by Crippen LogP contribution is 2.36. The van der Waals surface area contributed by atoms with Gasteiger partial charge in [-0.2, -0.15) is 13.2 Å². The van der Waals surface area contributed by atoms with Gasteiger partial charge in [0, 0.05) is 15.8 Å². The normalized spacial score (nSPS) is 11.7. The summed E-state index contributed by atoms with van der Waals surface area (Å²) in [5, 5.41) is 5.56. The number of anilines is 2. The van der Waals surface area contributed by atoms with Gasteiger partial charge in [0.15, 0.2) is 5.13 Å². The van der Waals surface area contributed by atoms with Crippen molar-refractivity contribution in [1.82, 2.24) is 4.98 Å². The van der Waals surface area contributed by atoms with E-state index >= 15 is 0 Å². The summed E-state index contributed by atoms with van der Waals surface area (Å²) in [5.41, 5.74) is -0.635. The Bertz CT molecular complexity index is 1230. The first-order valence-corrected chi connectivity index (χ1v) is 9.19. The summed E-state index contributed by atoms with van der Waals surface area (Å²) in [6, 6.07) is 11.5. The lowest BCUT2D eigenvalue weighted by molar-refractivity contribution is -0.136. The second kappa shape index (κ2) is 6.96. The smallest absolute Gasteiger partial charge is 0.418 e. The molecule has 0 saturated heterocycles. The Morgan fingerprint density at radius 3 is 2.68 bits per heavy atom. The van der Waals surface area contributed by atoms with E-state index in [0.717, 1.165) is 17.4 Å². The van der Waals surface area contributed by atoms with Crippen molar-refractivity contribution in [3.05, 3.63) is 74.9 Å². The van der Waals surface area contributed by atoms with Crippen LogP contribution < -0.4 is 10.9 Å². The molecule has 0 radical (unpaired) electrons. The van der Waals surface area contributed by atoms with E-state index in [2.05, 4.69) is 10.3 Å². The van der Waals surface area contributed by atoms with Gasteiger partial charge >= 0.3 is 11.8 Å².